The van der Waals surface area contributed by atoms with E-state index in [0.29, 0.717) is 11.1 Å². The molecule has 6 heteroatoms. The molecule has 0 N–H and O–H groups in total. The van der Waals surface area contributed by atoms with Gasteiger partial charge in [-0.25, -0.2) is 4.39 Å². The standard InChI is InChI=1S/C29H30F4O2/c1-2-19-3-5-20(6-4-19)7-8-21-9-11-22(12-10-21)25-17-18-26(30)27(31)28(25)34-23-13-15-24(16-14-23)35-29(32)33/h9-20,29H,2-8H2,1H3/t19-,20-. The number of halogens is 4. The highest BCUT2D eigenvalue weighted by Crippen LogP contribution is 2.38. The maximum Gasteiger partial charge on any atom is 0.387 e. The molecule has 0 spiro atoms. The molecule has 0 unspecified atom stereocenters. The third kappa shape index (κ3) is 6.56. The summed E-state index contributed by atoms with van der Waals surface area (Å²) in [7, 11) is 0. The molecule has 3 aromatic carbocycles. The van der Waals surface area contributed by atoms with Gasteiger partial charge in [0.25, 0.3) is 0 Å². The second kappa shape index (κ2) is 11.6. The first kappa shape index (κ1) is 25.1. The minimum Gasteiger partial charge on any atom is -0.454 e. The summed E-state index contributed by atoms with van der Waals surface area (Å²) in [4.78, 5) is 0. The first-order valence-corrected chi connectivity index (χ1v) is 12.2. The molecule has 0 bridgehead atoms. The Kier molecular flexibility index (Phi) is 8.32. The summed E-state index contributed by atoms with van der Waals surface area (Å²) < 4.78 is 63.4. The van der Waals surface area contributed by atoms with Crippen LogP contribution in [0.4, 0.5) is 17.6 Å². The van der Waals surface area contributed by atoms with Crippen molar-refractivity contribution in [3.05, 3.63) is 77.9 Å². The lowest BCUT2D eigenvalue weighted by molar-refractivity contribution is -0.0498. The summed E-state index contributed by atoms with van der Waals surface area (Å²) in [6.45, 7) is -0.676. The van der Waals surface area contributed by atoms with Crippen LogP contribution in [0.15, 0.2) is 60.7 Å². The van der Waals surface area contributed by atoms with Crippen molar-refractivity contribution in [2.24, 2.45) is 11.8 Å². The van der Waals surface area contributed by atoms with Gasteiger partial charge in [0, 0.05) is 5.56 Å². The molecule has 0 aromatic heterocycles. The Bertz CT molecular complexity index is 1090. The summed E-state index contributed by atoms with van der Waals surface area (Å²) >= 11 is 0. The fourth-order valence-corrected chi connectivity index (χ4v) is 4.82. The molecule has 4 rings (SSSR count). The summed E-state index contributed by atoms with van der Waals surface area (Å²) in [5, 5.41) is 0. The molecule has 0 amide bonds. The van der Waals surface area contributed by atoms with Crippen LogP contribution in [0.25, 0.3) is 11.1 Å². The molecule has 2 nitrogen and oxygen atoms in total. The molecule has 0 radical (unpaired) electrons. The largest absolute Gasteiger partial charge is 0.454 e. The summed E-state index contributed by atoms with van der Waals surface area (Å²) in [5.41, 5.74) is 2.32. The number of benzene rings is 3. The highest BCUT2D eigenvalue weighted by Gasteiger charge is 2.20. The second-order valence-electron chi connectivity index (χ2n) is 9.22. The van der Waals surface area contributed by atoms with Crippen molar-refractivity contribution in [3.8, 4) is 28.4 Å². The Morgan fingerprint density at radius 3 is 2.06 bits per heavy atom. The molecule has 0 heterocycles. The summed E-state index contributed by atoms with van der Waals surface area (Å²) in [6, 6.07) is 15.7. The molecule has 0 atom stereocenters. The Balaban J connectivity index is 1.46. The minimum atomic E-state index is -2.95. The highest BCUT2D eigenvalue weighted by atomic mass is 19.3. The van der Waals surface area contributed by atoms with Gasteiger partial charge in [-0.05, 0) is 72.2 Å². The fourth-order valence-electron chi connectivity index (χ4n) is 4.82. The lowest BCUT2D eigenvalue weighted by atomic mass is 9.78. The smallest absolute Gasteiger partial charge is 0.387 e. The van der Waals surface area contributed by atoms with E-state index in [4.69, 9.17) is 4.74 Å². The maximum atomic E-state index is 14.7. The van der Waals surface area contributed by atoms with E-state index < -0.39 is 18.2 Å². The van der Waals surface area contributed by atoms with Crippen LogP contribution in [0.2, 0.25) is 0 Å². The van der Waals surface area contributed by atoms with Crippen LogP contribution in [0.1, 0.15) is 51.0 Å². The Hall–Kier alpha value is -3.02. The van der Waals surface area contributed by atoms with Crippen molar-refractivity contribution in [1.29, 1.82) is 0 Å². The van der Waals surface area contributed by atoms with E-state index in [2.05, 4.69) is 11.7 Å². The van der Waals surface area contributed by atoms with Gasteiger partial charge in [0.05, 0.1) is 0 Å². The summed E-state index contributed by atoms with van der Waals surface area (Å²) in [5.74, 6) is -0.609. The lowest BCUT2D eigenvalue weighted by Gasteiger charge is -2.27. The molecule has 0 saturated heterocycles. The van der Waals surface area contributed by atoms with Crippen molar-refractivity contribution in [3.63, 3.8) is 0 Å². The van der Waals surface area contributed by atoms with Gasteiger partial charge in [-0.15, -0.1) is 0 Å². The highest BCUT2D eigenvalue weighted by molar-refractivity contribution is 5.71. The van der Waals surface area contributed by atoms with Crippen molar-refractivity contribution in [1.82, 2.24) is 0 Å². The van der Waals surface area contributed by atoms with Crippen molar-refractivity contribution < 1.29 is 27.0 Å². The van der Waals surface area contributed by atoms with Crippen LogP contribution >= 0.6 is 0 Å². The number of hydrogen-bond acceptors (Lipinski definition) is 2. The molecule has 1 aliphatic carbocycles. The average molecular weight is 487 g/mol. The molecule has 35 heavy (non-hydrogen) atoms. The van der Waals surface area contributed by atoms with E-state index >= 15 is 0 Å². The van der Waals surface area contributed by atoms with Gasteiger partial charge in [0.15, 0.2) is 11.6 Å². The van der Waals surface area contributed by atoms with Crippen LogP contribution in [-0.2, 0) is 6.42 Å². The minimum absolute atomic E-state index is 0.0544. The van der Waals surface area contributed by atoms with Crippen LogP contribution in [0.5, 0.6) is 17.2 Å². The molecular formula is C29H30F4O2. The van der Waals surface area contributed by atoms with E-state index in [1.807, 2.05) is 24.3 Å². The zero-order valence-corrected chi connectivity index (χ0v) is 19.8. The third-order valence-electron chi connectivity index (χ3n) is 6.97. The van der Waals surface area contributed by atoms with E-state index in [0.717, 1.165) is 24.3 Å². The van der Waals surface area contributed by atoms with Gasteiger partial charge in [-0.1, -0.05) is 63.3 Å². The summed E-state index contributed by atoms with van der Waals surface area (Å²) in [6.07, 6.45) is 8.73. The number of ether oxygens (including phenoxy) is 2. The Morgan fingerprint density at radius 2 is 1.43 bits per heavy atom. The quantitative estimate of drug-likeness (QED) is 0.281. The monoisotopic (exact) mass is 486 g/mol. The van der Waals surface area contributed by atoms with Gasteiger partial charge in [-0.3, -0.25) is 0 Å². The molecule has 1 saturated carbocycles. The van der Waals surface area contributed by atoms with Crippen molar-refractivity contribution >= 4 is 0 Å². The number of hydrogen-bond donors (Lipinski definition) is 0. The van der Waals surface area contributed by atoms with Crippen LogP contribution in [0, 0.1) is 23.5 Å². The topological polar surface area (TPSA) is 18.5 Å². The maximum absolute atomic E-state index is 14.7. The molecule has 186 valence electrons. The van der Waals surface area contributed by atoms with Crippen LogP contribution in [0.3, 0.4) is 0 Å². The lowest BCUT2D eigenvalue weighted by Crippen LogP contribution is -2.14. The predicted molar refractivity (Wildman–Crippen MR) is 129 cm³/mol. The number of rotatable bonds is 9. The molecule has 3 aromatic rings. The van der Waals surface area contributed by atoms with Gasteiger partial charge < -0.3 is 9.47 Å². The molecule has 1 aliphatic rings. The Labute approximate surface area is 203 Å². The first-order chi connectivity index (χ1) is 16.9. The van der Waals surface area contributed by atoms with Crippen LogP contribution in [-0.4, -0.2) is 6.61 Å². The van der Waals surface area contributed by atoms with E-state index in [-0.39, 0.29) is 17.2 Å². The predicted octanol–water partition coefficient (Wildman–Crippen LogP) is 9.17. The average Bonchev–Trinajstić information content (AvgIpc) is 2.87. The van der Waals surface area contributed by atoms with E-state index in [1.165, 1.54) is 74.4 Å². The number of aryl methyl sites for hydroxylation is 1. The number of alkyl halides is 2. The van der Waals surface area contributed by atoms with Gasteiger partial charge >= 0.3 is 6.61 Å². The van der Waals surface area contributed by atoms with E-state index in [9.17, 15) is 17.6 Å². The normalized spacial score (nSPS) is 18.0. The van der Waals surface area contributed by atoms with Crippen molar-refractivity contribution in [2.45, 2.75) is 58.5 Å². The Morgan fingerprint density at radius 1 is 0.800 bits per heavy atom. The van der Waals surface area contributed by atoms with Crippen LogP contribution < -0.4 is 9.47 Å². The third-order valence-corrected chi connectivity index (χ3v) is 6.97. The van der Waals surface area contributed by atoms with Gasteiger partial charge in [0.1, 0.15) is 11.5 Å². The van der Waals surface area contributed by atoms with E-state index in [1.54, 1.807) is 0 Å². The molecule has 0 aliphatic heterocycles. The first-order valence-electron chi connectivity index (χ1n) is 12.2. The SMILES string of the molecule is CC[C@H]1CC[C@H](CCc2ccc(-c3ccc(F)c(F)c3Oc3ccc(OC(F)F)cc3)cc2)CC1. The second-order valence-corrected chi connectivity index (χ2v) is 9.22. The van der Waals surface area contributed by atoms with Gasteiger partial charge in [0.2, 0.25) is 5.82 Å². The van der Waals surface area contributed by atoms with Gasteiger partial charge in [-0.2, -0.15) is 13.2 Å². The fraction of sp³-hybridized carbons (Fsp3) is 0.379. The zero-order chi connectivity index (χ0) is 24.8. The molecular weight excluding hydrogens is 456 g/mol. The zero-order valence-electron chi connectivity index (χ0n) is 19.8. The van der Waals surface area contributed by atoms with Crippen molar-refractivity contribution in [2.75, 3.05) is 0 Å². The molecule has 1 fully saturated rings.